The molecule has 2 saturated carbocycles. The predicted molar refractivity (Wildman–Crippen MR) is 376 cm³/mol. The lowest BCUT2D eigenvalue weighted by Crippen LogP contribution is -2.30. The van der Waals surface area contributed by atoms with Crippen LogP contribution >= 0.6 is 27.3 Å². The standard InChI is InChI=1S/C28H39BrN2O.C20H28N2OS.C8H16O.C7H12O.C6H12.C4H10O.C2H6/c1-6-9-10-13-21(12-7-2)22-16-17-24(20(5)18-22)31-25-15-11-14-23(29)26(25)28(32)30-27(31)19(4)8-3;1-4-6-8-18(7-5-2)20(23)21-13-16-9-11-17(12-10-16)19-15(3)22-14-24-19;1-6(7(2)9)8(3,4)5;1-3-6(8)7(2)4-5-7;1-6-4-2-3-5-6;1-3-4-5-2;1-2/h11,14-17,19,21-22H,6-10,12-13,18H2,1-5H3;9-12,14,18H,4-8,13H2,1-3H3,(H,21,23);6H,1-5H3;3-5H2,1-2H3;6H,2-5H2,1H3;3-4H2,1-2H3;1-2H3. The fourth-order valence-electron chi connectivity index (χ4n) is 10.8. The molecule has 1 N–H and O–H groups in total. The van der Waals surface area contributed by atoms with Gasteiger partial charge in [-0.2, -0.15) is 4.98 Å². The highest BCUT2D eigenvalue weighted by atomic mass is 79.9. The third-order valence-electron chi connectivity index (χ3n) is 17.4. The average Bonchev–Trinajstić information content (AvgIpc) is 1.14. The molecule has 486 valence electrons. The van der Waals surface area contributed by atoms with Gasteiger partial charge in [0.1, 0.15) is 17.4 Å². The topological polar surface area (TPSA) is 120 Å². The molecule has 3 aliphatic carbocycles. The molecule has 0 spiro atoms. The number of allylic oxidation sites excluding steroid dienone is 4. The highest BCUT2D eigenvalue weighted by Crippen LogP contribution is 2.46. The number of amides is 1. The van der Waals surface area contributed by atoms with Gasteiger partial charge in [0.25, 0.3) is 5.56 Å². The smallest absolute Gasteiger partial charge is 0.281 e. The molecule has 2 fully saturated rings. The molecule has 4 aromatic rings. The quantitative estimate of drug-likeness (QED) is 0.0694. The number of aryl methyl sites for hydroxylation is 1. The number of rotatable bonds is 24. The summed E-state index contributed by atoms with van der Waals surface area (Å²) in [6, 6.07) is 14.4. The normalized spacial score (nSPS) is 16.3. The van der Waals surface area contributed by atoms with E-state index in [1.807, 2.05) is 52.3 Å². The van der Waals surface area contributed by atoms with E-state index in [1.54, 1.807) is 25.4 Å². The van der Waals surface area contributed by atoms with E-state index in [0.29, 0.717) is 23.6 Å². The number of unbranched alkanes of at least 4 members (excludes halogenated alkanes) is 3. The number of nitrogens with zero attached hydrogens (tertiary/aromatic N) is 3. The first kappa shape index (κ1) is 80.0. The van der Waals surface area contributed by atoms with Crippen molar-refractivity contribution in [3.63, 3.8) is 0 Å². The van der Waals surface area contributed by atoms with Crippen molar-refractivity contribution in [1.29, 1.82) is 0 Å². The Morgan fingerprint density at radius 2 is 1.48 bits per heavy atom. The summed E-state index contributed by atoms with van der Waals surface area (Å²) < 4.78 is 7.76. The van der Waals surface area contributed by atoms with Crippen molar-refractivity contribution in [3.05, 3.63) is 97.6 Å². The minimum absolute atomic E-state index is 0.120. The molecule has 2 aromatic carbocycles. The third-order valence-corrected chi connectivity index (χ3v) is 19.0. The van der Waals surface area contributed by atoms with Crippen LogP contribution in [0.2, 0.25) is 0 Å². The highest BCUT2D eigenvalue weighted by molar-refractivity contribution is 9.10. The molecule has 11 heteroatoms. The summed E-state index contributed by atoms with van der Waals surface area (Å²) in [7, 11) is 1.71. The van der Waals surface area contributed by atoms with Gasteiger partial charge in [-0.25, -0.2) is 4.98 Å². The van der Waals surface area contributed by atoms with Crippen molar-refractivity contribution in [2.75, 3.05) is 13.7 Å². The molecular formula is C75H123BrN4O5S. The van der Waals surface area contributed by atoms with Crippen LogP contribution in [0.25, 0.3) is 27.0 Å². The number of methoxy groups -OCH3 is 1. The number of fused-ring (bicyclic) bond motifs is 1. The molecule has 0 aliphatic heterocycles. The van der Waals surface area contributed by atoms with Crippen LogP contribution in [0.1, 0.15) is 282 Å². The summed E-state index contributed by atoms with van der Waals surface area (Å²) in [6.07, 6.45) is 30.0. The fraction of sp³-hybridized carbons (Fsp3) is 0.680. The fourth-order valence-corrected chi connectivity index (χ4v) is 12.1. The van der Waals surface area contributed by atoms with Gasteiger partial charge in [-0.3, -0.25) is 23.7 Å². The SMILES string of the molecule is CC.CC(=O)C(C)C(C)(C)C.CC1CCCC1.CCC(=O)C1(C)CC1.CCCCC(CCC)C(=O)NCc1ccc(-c2scnc2C)cc1.CCCCCC(CCC)C1C=CC(n2c(C(C)CC)nc(=O)c3c(Br)cccc32)=C(C)C1.CCCOC. The van der Waals surface area contributed by atoms with E-state index in [2.05, 4.69) is 168 Å². The number of benzene rings is 2. The third kappa shape index (κ3) is 28.2. The lowest BCUT2D eigenvalue weighted by Gasteiger charge is -2.30. The van der Waals surface area contributed by atoms with Crippen molar-refractivity contribution < 1.29 is 19.1 Å². The second-order valence-corrected chi connectivity index (χ2v) is 27.4. The van der Waals surface area contributed by atoms with Crippen LogP contribution in [0, 0.1) is 47.3 Å². The summed E-state index contributed by atoms with van der Waals surface area (Å²) in [5.74, 6) is 4.75. The molecule has 7 rings (SSSR count). The maximum Gasteiger partial charge on any atom is 0.281 e. The number of halogens is 1. The molecule has 9 nitrogen and oxygen atoms in total. The zero-order valence-corrected chi connectivity index (χ0v) is 60.6. The monoisotopic (exact) mass is 1270 g/mol. The second-order valence-electron chi connectivity index (χ2n) is 25.7. The summed E-state index contributed by atoms with van der Waals surface area (Å²) in [6.45, 7) is 41.3. The van der Waals surface area contributed by atoms with Gasteiger partial charge in [0, 0.05) is 60.0 Å². The van der Waals surface area contributed by atoms with Crippen LogP contribution in [0.3, 0.4) is 0 Å². The Morgan fingerprint density at radius 1 is 0.849 bits per heavy atom. The predicted octanol–water partition coefficient (Wildman–Crippen LogP) is 22.1. The lowest BCUT2D eigenvalue weighted by atomic mass is 9.78. The largest absolute Gasteiger partial charge is 0.385 e. The summed E-state index contributed by atoms with van der Waals surface area (Å²) in [4.78, 5) is 57.1. The number of ketones is 2. The first-order chi connectivity index (χ1) is 40.9. The highest BCUT2D eigenvalue weighted by Gasteiger charge is 2.43. The van der Waals surface area contributed by atoms with Gasteiger partial charge >= 0.3 is 0 Å². The number of thiazole rings is 1. The van der Waals surface area contributed by atoms with Gasteiger partial charge < -0.3 is 10.1 Å². The van der Waals surface area contributed by atoms with Crippen LogP contribution in [-0.2, 0) is 25.7 Å². The molecule has 0 bridgehead atoms. The molecule has 1 amide bonds. The van der Waals surface area contributed by atoms with Gasteiger partial charge in [-0.15, -0.1) is 11.3 Å². The number of carbonyl (C=O) groups excluding carboxylic acids is 3. The number of hydrogen-bond donors (Lipinski definition) is 1. The summed E-state index contributed by atoms with van der Waals surface area (Å²) in [5.41, 5.74) is 8.91. The molecule has 0 saturated heterocycles. The Hall–Kier alpha value is -4.06. The van der Waals surface area contributed by atoms with Gasteiger partial charge in [-0.1, -0.05) is 224 Å². The van der Waals surface area contributed by atoms with E-state index in [0.717, 1.165) is 116 Å². The van der Waals surface area contributed by atoms with Gasteiger partial charge in [0.05, 0.1) is 27.0 Å². The Bertz CT molecular complexity index is 2650. The number of carbonyl (C=O) groups is 3. The Labute approximate surface area is 538 Å². The molecule has 5 unspecified atom stereocenters. The van der Waals surface area contributed by atoms with Crippen molar-refractivity contribution >= 4 is 61.3 Å². The van der Waals surface area contributed by atoms with Crippen LogP contribution in [0.15, 0.2) is 75.0 Å². The summed E-state index contributed by atoms with van der Waals surface area (Å²) in [5, 5.41) is 3.78. The summed E-state index contributed by atoms with van der Waals surface area (Å²) >= 11 is 5.25. The number of hydrogen-bond acceptors (Lipinski definition) is 8. The van der Waals surface area contributed by atoms with Crippen molar-refractivity contribution in [2.45, 2.75) is 279 Å². The van der Waals surface area contributed by atoms with Gasteiger partial charge in [-0.05, 0) is 146 Å². The number of ether oxygens (including phenoxy) is 1. The van der Waals surface area contributed by atoms with Crippen molar-refractivity contribution in [3.8, 4) is 10.4 Å². The Kier molecular flexibility index (Phi) is 40.5. The Morgan fingerprint density at radius 3 is 1.91 bits per heavy atom. The maximum absolute atomic E-state index is 12.9. The average molecular weight is 1270 g/mol. The van der Waals surface area contributed by atoms with Crippen molar-refractivity contribution in [1.82, 2.24) is 19.9 Å². The van der Waals surface area contributed by atoms with Crippen molar-refractivity contribution in [2.24, 2.45) is 40.4 Å². The van der Waals surface area contributed by atoms with E-state index in [1.165, 1.54) is 85.9 Å². The molecule has 5 atom stereocenters. The van der Waals surface area contributed by atoms with E-state index < -0.39 is 0 Å². The van der Waals surface area contributed by atoms with Gasteiger partial charge in [0.15, 0.2) is 0 Å². The maximum atomic E-state index is 12.9. The van der Waals surface area contributed by atoms with E-state index in [4.69, 9.17) is 4.74 Å². The number of nitrogens with one attached hydrogen (secondary N) is 1. The van der Waals surface area contributed by atoms with E-state index in [-0.39, 0.29) is 45.8 Å². The minimum atomic E-state index is -0.145. The number of aromatic nitrogens is 3. The first-order valence-corrected chi connectivity index (χ1v) is 35.5. The molecule has 0 radical (unpaired) electrons. The van der Waals surface area contributed by atoms with E-state index >= 15 is 0 Å². The zero-order chi connectivity index (χ0) is 65.0. The van der Waals surface area contributed by atoms with Crippen LogP contribution in [-0.4, -0.2) is 45.7 Å². The second kappa shape index (κ2) is 43.6. The first-order valence-electron chi connectivity index (χ1n) is 33.8. The Balaban J connectivity index is 0.000000592. The molecule has 2 heterocycles. The molecular weight excluding hydrogens is 1150 g/mol. The minimum Gasteiger partial charge on any atom is -0.385 e. The van der Waals surface area contributed by atoms with Crippen LogP contribution < -0.4 is 10.9 Å². The van der Waals surface area contributed by atoms with Crippen LogP contribution in [0.5, 0.6) is 0 Å². The molecule has 86 heavy (non-hydrogen) atoms. The number of Topliss-reactive ketones (excluding diaryl/α,β-unsaturated/α-hetero) is 2. The van der Waals surface area contributed by atoms with Gasteiger partial charge in [0.2, 0.25) is 5.91 Å². The van der Waals surface area contributed by atoms with E-state index in [9.17, 15) is 19.2 Å². The lowest BCUT2D eigenvalue weighted by molar-refractivity contribution is -0.126. The molecule has 3 aliphatic rings. The zero-order valence-electron chi connectivity index (χ0n) is 58.2. The van der Waals surface area contributed by atoms with Crippen LogP contribution in [0.4, 0.5) is 0 Å². The molecule has 2 aromatic heterocycles.